The summed E-state index contributed by atoms with van der Waals surface area (Å²) in [4.78, 5) is 12.4. The maximum absolute atomic E-state index is 12.4. The fourth-order valence-corrected chi connectivity index (χ4v) is 2.84. The van der Waals surface area contributed by atoms with E-state index in [0.717, 1.165) is 11.4 Å². The molecule has 2 rings (SSSR count). The molecule has 24 heavy (non-hydrogen) atoms. The standard InChI is InChI=1S/C17H22ClN3O3/c1-10-6-11(2)21(20-10)12(3)7-16(22)19-17-14(18)8-13(23-4)9-15(17)24-5/h6,8-9,12H,7H2,1-5H3,(H,19,22)/t12-/m1/s1. The van der Waals surface area contributed by atoms with E-state index in [2.05, 4.69) is 10.4 Å². The molecule has 1 aromatic heterocycles. The van der Waals surface area contributed by atoms with Crippen LogP contribution >= 0.6 is 11.6 Å². The number of amides is 1. The lowest BCUT2D eigenvalue weighted by atomic mass is 10.2. The van der Waals surface area contributed by atoms with E-state index in [9.17, 15) is 4.79 Å². The number of hydrogen-bond donors (Lipinski definition) is 1. The van der Waals surface area contributed by atoms with Crippen LogP contribution in [0.3, 0.4) is 0 Å². The molecule has 1 N–H and O–H groups in total. The first-order valence-electron chi connectivity index (χ1n) is 7.59. The molecule has 130 valence electrons. The second-order valence-corrected chi connectivity index (χ2v) is 6.07. The van der Waals surface area contributed by atoms with Crippen molar-refractivity contribution in [3.05, 3.63) is 34.6 Å². The third-order valence-electron chi connectivity index (χ3n) is 3.69. The number of benzene rings is 1. The van der Waals surface area contributed by atoms with Gasteiger partial charge in [-0.05, 0) is 26.8 Å². The van der Waals surface area contributed by atoms with Gasteiger partial charge in [-0.1, -0.05) is 11.6 Å². The lowest BCUT2D eigenvalue weighted by molar-refractivity contribution is -0.116. The minimum Gasteiger partial charge on any atom is -0.497 e. The number of carbonyl (C=O) groups excluding carboxylic acids is 1. The van der Waals surface area contributed by atoms with Gasteiger partial charge in [0.2, 0.25) is 5.91 Å². The van der Waals surface area contributed by atoms with Crippen molar-refractivity contribution in [2.45, 2.75) is 33.2 Å². The van der Waals surface area contributed by atoms with Crippen LogP contribution in [0.15, 0.2) is 18.2 Å². The Labute approximate surface area is 146 Å². The highest BCUT2D eigenvalue weighted by Gasteiger charge is 2.18. The number of rotatable bonds is 6. The van der Waals surface area contributed by atoms with E-state index in [1.165, 1.54) is 7.11 Å². The predicted octanol–water partition coefficient (Wildman–Crippen LogP) is 3.76. The maximum atomic E-state index is 12.4. The molecule has 0 fully saturated rings. The van der Waals surface area contributed by atoms with E-state index in [4.69, 9.17) is 21.1 Å². The summed E-state index contributed by atoms with van der Waals surface area (Å²) in [5.74, 6) is 0.845. The van der Waals surface area contributed by atoms with Crippen LogP contribution in [-0.4, -0.2) is 29.9 Å². The van der Waals surface area contributed by atoms with Crippen molar-refractivity contribution in [3.63, 3.8) is 0 Å². The Morgan fingerprint density at radius 1 is 1.29 bits per heavy atom. The number of nitrogens with one attached hydrogen (secondary N) is 1. The normalized spacial score (nSPS) is 11.9. The van der Waals surface area contributed by atoms with Gasteiger partial charge >= 0.3 is 0 Å². The average Bonchev–Trinajstić information content (AvgIpc) is 2.87. The van der Waals surface area contributed by atoms with Gasteiger partial charge in [0.15, 0.2) is 0 Å². The topological polar surface area (TPSA) is 65.4 Å². The molecular formula is C17H22ClN3O3. The molecule has 0 aliphatic heterocycles. The van der Waals surface area contributed by atoms with Crippen molar-refractivity contribution in [2.24, 2.45) is 0 Å². The van der Waals surface area contributed by atoms with E-state index in [1.54, 1.807) is 19.2 Å². The molecule has 1 heterocycles. The molecular weight excluding hydrogens is 330 g/mol. The number of ether oxygens (including phenoxy) is 2. The zero-order valence-electron chi connectivity index (χ0n) is 14.5. The first-order valence-corrected chi connectivity index (χ1v) is 7.97. The van der Waals surface area contributed by atoms with Crippen LogP contribution in [0.1, 0.15) is 30.8 Å². The summed E-state index contributed by atoms with van der Waals surface area (Å²) >= 11 is 6.23. The van der Waals surface area contributed by atoms with Crippen LogP contribution in [0, 0.1) is 13.8 Å². The van der Waals surface area contributed by atoms with Gasteiger partial charge < -0.3 is 14.8 Å². The smallest absolute Gasteiger partial charge is 0.226 e. The maximum Gasteiger partial charge on any atom is 0.226 e. The Morgan fingerprint density at radius 3 is 2.54 bits per heavy atom. The van der Waals surface area contributed by atoms with E-state index in [0.29, 0.717) is 22.2 Å². The van der Waals surface area contributed by atoms with Crippen LogP contribution in [0.25, 0.3) is 0 Å². The van der Waals surface area contributed by atoms with Crippen LogP contribution in [0.2, 0.25) is 5.02 Å². The molecule has 0 radical (unpaired) electrons. The number of anilines is 1. The minimum atomic E-state index is -0.166. The summed E-state index contributed by atoms with van der Waals surface area (Å²) < 4.78 is 12.3. The van der Waals surface area contributed by atoms with Gasteiger partial charge in [0.1, 0.15) is 17.2 Å². The number of aryl methyl sites for hydroxylation is 2. The van der Waals surface area contributed by atoms with E-state index in [1.807, 2.05) is 31.5 Å². The van der Waals surface area contributed by atoms with Crippen molar-refractivity contribution >= 4 is 23.2 Å². The summed E-state index contributed by atoms with van der Waals surface area (Å²) in [5, 5.41) is 7.59. The second kappa shape index (κ2) is 7.57. The van der Waals surface area contributed by atoms with Gasteiger partial charge in [-0.3, -0.25) is 9.48 Å². The number of aromatic nitrogens is 2. The fraction of sp³-hybridized carbons (Fsp3) is 0.412. The molecule has 0 bridgehead atoms. The van der Waals surface area contributed by atoms with Crippen molar-refractivity contribution in [1.29, 1.82) is 0 Å². The third kappa shape index (κ3) is 4.00. The highest BCUT2D eigenvalue weighted by molar-refractivity contribution is 6.34. The predicted molar refractivity (Wildman–Crippen MR) is 94.2 cm³/mol. The van der Waals surface area contributed by atoms with Crippen LogP contribution in [0.4, 0.5) is 5.69 Å². The zero-order chi connectivity index (χ0) is 17.9. The molecule has 0 saturated heterocycles. The van der Waals surface area contributed by atoms with Gasteiger partial charge in [0, 0.05) is 24.2 Å². The molecule has 6 nitrogen and oxygen atoms in total. The molecule has 1 aromatic carbocycles. The van der Waals surface area contributed by atoms with Gasteiger partial charge in [-0.2, -0.15) is 5.10 Å². The molecule has 1 atom stereocenters. The summed E-state index contributed by atoms with van der Waals surface area (Å²) in [6.07, 6.45) is 0.271. The molecule has 0 aliphatic carbocycles. The number of methoxy groups -OCH3 is 2. The first kappa shape index (κ1) is 18.1. The van der Waals surface area contributed by atoms with E-state index in [-0.39, 0.29) is 18.4 Å². The monoisotopic (exact) mass is 351 g/mol. The highest BCUT2D eigenvalue weighted by atomic mass is 35.5. The van der Waals surface area contributed by atoms with Gasteiger partial charge in [0.05, 0.1) is 31.0 Å². The highest BCUT2D eigenvalue weighted by Crippen LogP contribution is 2.37. The fourth-order valence-electron chi connectivity index (χ4n) is 2.60. The number of nitrogens with zero attached hydrogens (tertiary/aromatic N) is 2. The zero-order valence-corrected chi connectivity index (χ0v) is 15.3. The van der Waals surface area contributed by atoms with Gasteiger partial charge in [-0.15, -0.1) is 0 Å². The summed E-state index contributed by atoms with van der Waals surface area (Å²) in [7, 11) is 3.05. The molecule has 7 heteroatoms. The SMILES string of the molecule is COc1cc(Cl)c(NC(=O)C[C@@H](C)n2nc(C)cc2C)c(OC)c1. The Bertz CT molecular complexity index is 743. The molecule has 0 aliphatic rings. The second-order valence-electron chi connectivity index (χ2n) is 5.66. The minimum absolute atomic E-state index is 0.0679. The lowest BCUT2D eigenvalue weighted by Crippen LogP contribution is -2.19. The molecule has 0 spiro atoms. The third-order valence-corrected chi connectivity index (χ3v) is 3.99. The Morgan fingerprint density at radius 2 is 2.00 bits per heavy atom. The van der Waals surface area contributed by atoms with Crippen LogP contribution in [-0.2, 0) is 4.79 Å². The van der Waals surface area contributed by atoms with E-state index >= 15 is 0 Å². The largest absolute Gasteiger partial charge is 0.497 e. The lowest BCUT2D eigenvalue weighted by Gasteiger charge is -2.16. The quantitative estimate of drug-likeness (QED) is 0.860. The van der Waals surface area contributed by atoms with Crippen LogP contribution in [0.5, 0.6) is 11.5 Å². The van der Waals surface area contributed by atoms with Crippen molar-refractivity contribution < 1.29 is 14.3 Å². The average molecular weight is 352 g/mol. The van der Waals surface area contributed by atoms with Crippen LogP contribution < -0.4 is 14.8 Å². The summed E-state index contributed by atoms with van der Waals surface area (Å²) in [6, 6.07) is 5.22. The molecule has 1 amide bonds. The summed E-state index contributed by atoms with van der Waals surface area (Å²) in [5.41, 5.74) is 2.39. The van der Waals surface area contributed by atoms with Crippen molar-refractivity contribution in [3.8, 4) is 11.5 Å². The summed E-state index contributed by atoms with van der Waals surface area (Å²) in [6.45, 7) is 5.85. The molecule has 2 aromatic rings. The molecule has 0 unspecified atom stereocenters. The Kier molecular flexibility index (Phi) is 5.72. The number of halogens is 1. The number of carbonyl (C=O) groups is 1. The first-order chi connectivity index (χ1) is 11.3. The Balaban J connectivity index is 2.14. The van der Waals surface area contributed by atoms with Gasteiger partial charge in [-0.25, -0.2) is 0 Å². The Hall–Kier alpha value is -2.21. The number of hydrogen-bond acceptors (Lipinski definition) is 4. The molecule has 0 saturated carbocycles. The van der Waals surface area contributed by atoms with E-state index < -0.39 is 0 Å². The van der Waals surface area contributed by atoms with Crippen molar-refractivity contribution in [1.82, 2.24) is 9.78 Å². The van der Waals surface area contributed by atoms with Gasteiger partial charge in [0.25, 0.3) is 0 Å². The van der Waals surface area contributed by atoms with Crippen molar-refractivity contribution in [2.75, 3.05) is 19.5 Å².